The summed E-state index contributed by atoms with van der Waals surface area (Å²) in [4.78, 5) is 18.3. The van der Waals surface area contributed by atoms with Crippen molar-refractivity contribution in [3.05, 3.63) is 53.4 Å². The molecule has 1 fully saturated rings. The normalized spacial score (nSPS) is 17.6. The minimum Gasteiger partial charge on any atom is -0.487 e. The van der Waals surface area contributed by atoms with Crippen LogP contribution in [0.3, 0.4) is 0 Å². The van der Waals surface area contributed by atoms with E-state index in [1.54, 1.807) is 11.1 Å². The molecule has 0 aliphatic carbocycles. The second-order valence-electron chi connectivity index (χ2n) is 8.72. The van der Waals surface area contributed by atoms with Gasteiger partial charge in [-0.25, -0.2) is 9.78 Å². The van der Waals surface area contributed by atoms with Crippen molar-refractivity contribution < 1.29 is 14.3 Å². The zero-order valence-corrected chi connectivity index (χ0v) is 18.6. The zero-order chi connectivity index (χ0) is 21.6. The number of amides is 1. The number of hydrogen-bond donors (Lipinski definition) is 0. The van der Waals surface area contributed by atoms with Crippen molar-refractivity contribution >= 4 is 23.3 Å². The highest BCUT2D eigenvalue weighted by Gasteiger charge is 2.41. The maximum atomic E-state index is 12.2. The van der Waals surface area contributed by atoms with E-state index in [4.69, 9.17) is 21.1 Å². The molecule has 0 bridgehead atoms. The van der Waals surface area contributed by atoms with Gasteiger partial charge in [0.15, 0.2) is 0 Å². The van der Waals surface area contributed by atoms with Gasteiger partial charge in [-0.3, -0.25) is 4.40 Å². The summed E-state index contributed by atoms with van der Waals surface area (Å²) in [6.45, 7) is 5.08. The lowest BCUT2D eigenvalue weighted by Crippen LogP contribution is -2.51. The van der Waals surface area contributed by atoms with Gasteiger partial charge in [-0.1, -0.05) is 17.7 Å². The van der Waals surface area contributed by atoms with Crippen LogP contribution in [0.2, 0.25) is 5.15 Å². The average Bonchev–Trinajstić information content (AvgIpc) is 3.24. The van der Waals surface area contributed by atoms with Crippen LogP contribution >= 0.6 is 11.6 Å². The van der Waals surface area contributed by atoms with Gasteiger partial charge < -0.3 is 14.4 Å². The monoisotopic (exact) mass is 439 g/mol. The fourth-order valence-electron chi connectivity index (χ4n) is 4.59. The van der Waals surface area contributed by atoms with Crippen LogP contribution in [0.4, 0.5) is 4.79 Å². The molecule has 2 aliphatic rings. The molecule has 3 aromatic rings. The Morgan fingerprint density at radius 2 is 2.00 bits per heavy atom. The Labute approximate surface area is 186 Å². The molecule has 0 atom stereocenters. The van der Waals surface area contributed by atoms with E-state index < -0.39 is 0 Å². The number of carbonyl (C=O) groups is 1. The third-order valence-electron chi connectivity index (χ3n) is 6.32. The Balaban J connectivity index is 1.33. The molecule has 5 rings (SSSR count). The van der Waals surface area contributed by atoms with Crippen molar-refractivity contribution in [1.29, 1.82) is 0 Å². The summed E-state index contributed by atoms with van der Waals surface area (Å²) >= 11 is 6.64. The Bertz CT molecular complexity index is 1130. The van der Waals surface area contributed by atoms with E-state index in [-0.39, 0.29) is 17.8 Å². The standard InChI is InChI=1S/C24H26ClN3O3/c1-16(2)30-23(29)27-12-9-24(10-13-27)8-7-18-15-17(3-5-20(18)31-24)19-4-6-21-26-11-14-28(21)22(19)25/h3-6,11,14-16H,7-10,12-13H2,1-2H3. The number of carbonyl (C=O) groups excluding carboxylic acids is 1. The summed E-state index contributed by atoms with van der Waals surface area (Å²) in [5.74, 6) is 0.938. The van der Waals surface area contributed by atoms with Gasteiger partial charge in [0.1, 0.15) is 22.2 Å². The van der Waals surface area contributed by atoms with Gasteiger partial charge in [-0.2, -0.15) is 0 Å². The van der Waals surface area contributed by atoms with E-state index in [1.165, 1.54) is 5.56 Å². The van der Waals surface area contributed by atoms with E-state index in [2.05, 4.69) is 23.2 Å². The molecule has 1 saturated heterocycles. The van der Waals surface area contributed by atoms with E-state index >= 15 is 0 Å². The van der Waals surface area contributed by atoms with Crippen LogP contribution in [0.1, 0.15) is 38.7 Å². The molecule has 2 aromatic heterocycles. The second kappa shape index (κ2) is 7.75. The van der Waals surface area contributed by atoms with Gasteiger partial charge in [-0.05, 0) is 62.1 Å². The number of halogens is 1. The topological polar surface area (TPSA) is 56.1 Å². The smallest absolute Gasteiger partial charge is 0.410 e. The summed E-state index contributed by atoms with van der Waals surface area (Å²) in [5, 5.41) is 0.656. The molecule has 7 heteroatoms. The molecular formula is C24H26ClN3O3. The zero-order valence-electron chi connectivity index (χ0n) is 17.8. The van der Waals surface area contributed by atoms with Gasteiger partial charge in [0, 0.05) is 43.9 Å². The van der Waals surface area contributed by atoms with Gasteiger partial charge in [0.2, 0.25) is 0 Å². The number of piperidine rings is 1. The van der Waals surface area contributed by atoms with Crippen LogP contribution in [-0.2, 0) is 11.2 Å². The largest absolute Gasteiger partial charge is 0.487 e. The molecule has 1 amide bonds. The summed E-state index contributed by atoms with van der Waals surface area (Å²) in [5.41, 5.74) is 3.89. The molecular weight excluding hydrogens is 414 g/mol. The highest BCUT2D eigenvalue weighted by Crippen LogP contribution is 2.41. The Kier molecular flexibility index (Phi) is 5.05. The van der Waals surface area contributed by atoms with Crippen LogP contribution < -0.4 is 4.74 Å². The van der Waals surface area contributed by atoms with Crippen molar-refractivity contribution in [1.82, 2.24) is 14.3 Å². The number of pyridine rings is 1. The van der Waals surface area contributed by atoms with E-state index in [9.17, 15) is 4.79 Å². The average molecular weight is 440 g/mol. The molecule has 2 aliphatic heterocycles. The highest BCUT2D eigenvalue weighted by molar-refractivity contribution is 6.32. The first-order chi connectivity index (χ1) is 14.9. The summed E-state index contributed by atoms with van der Waals surface area (Å²) in [6.07, 6.45) is 6.84. The Morgan fingerprint density at radius 3 is 2.77 bits per heavy atom. The Morgan fingerprint density at radius 1 is 1.19 bits per heavy atom. The van der Waals surface area contributed by atoms with Crippen molar-refractivity contribution in [2.45, 2.75) is 51.2 Å². The highest BCUT2D eigenvalue weighted by atomic mass is 35.5. The van der Waals surface area contributed by atoms with Crippen LogP contribution in [0.5, 0.6) is 5.75 Å². The number of nitrogens with zero attached hydrogens (tertiary/aromatic N) is 3. The van der Waals surface area contributed by atoms with E-state index in [1.807, 2.05) is 36.6 Å². The van der Waals surface area contributed by atoms with Crippen LogP contribution in [0.15, 0.2) is 42.7 Å². The fourth-order valence-corrected chi connectivity index (χ4v) is 4.90. The van der Waals surface area contributed by atoms with Gasteiger partial charge in [0.05, 0.1) is 6.10 Å². The third-order valence-corrected chi connectivity index (χ3v) is 6.71. The van der Waals surface area contributed by atoms with Gasteiger partial charge in [0.25, 0.3) is 0 Å². The molecule has 4 heterocycles. The van der Waals surface area contributed by atoms with Gasteiger partial charge in [-0.15, -0.1) is 0 Å². The first-order valence-corrected chi connectivity index (χ1v) is 11.2. The number of aromatic nitrogens is 2. The first kappa shape index (κ1) is 20.2. The first-order valence-electron chi connectivity index (χ1n) is 10.8. The number of fused-ring (bicyclic) bond motifs is 2. The molecule has 31 heavy (non-hydrogen) atoms. The molecule has 0 unspecified atom stereocenters. The van der Waals surface area contributed by atoms with Crippen LogP contribution in [0.25, 0.3) is 16.8 Å². The Hall–Kier alpha value is -2.73. The van der Waals surface area contributed by atoms with Crippen molar-refractivity contribution in [2.24, 2.45) is 0 Å². The van der Waals surface area contributed by atoms with Gasteiger partial charge >= 0.3 is 6.09 Å². The van der Waals surface area contributed by atoms with Crippen LogP contribution in [0, 0.1) is 0 Å². The number of likely N-dealkylation sites (tertiary alicyclic amines) is 1. The molecule has 0 radical (unpaired) electrons. The molecule has 1 aromatic carbocycles. The summed E-state index contributed by atoms with van der Waals surface area (Å²) in [7, 11) is 0. The second-order valence-corrected chi connectivity index (χ2v) is 9.08. The van der Waals surface area contributed by atoms with E-state index in [0.29, 0.717) is 18.2 Å². The quantitative estimate of drug-likeness (QED) is 0.504. The number of rotatable bonds is 2. The van der Waals surface area contributed by atoms with E-state index in [0.717, 1.165) is 48.2 Å². The molecule has 0 N–H and O–H groups in total. The minimum absolute atomic E-state index is 0.0987. The number of hydrogen-bond acceptors (Lipinski definition) is 4. The van der Waals surface area contributed by atoms with Crippen molar-refractivity contribution in [3.8, 4) is 16.9 Å². The fraction of sp³-hybridized carbons (Fsp3) is 0.417. The number of benzene rings is 1. The summed E-state index contributed by atoms with van der Waals surface area (Å²) in [6, 6.07) is 10.3. The SMILES string of the molecule is CC(C)OC(=O)N1CCC2(CCc3cc(-c4ccc5nccn5c4Cl)ccc3O2)CC1. The minimum atomic E-state index is -0.225. The lowest BCUT2D eigenvalue weighted by Gasteiger charge is -2.44. The molecule has 162 valence electrons. The van der Waals surface area contributed by atoms with Crippen LogP contribution in [-0.4, -0.2) is 45.2 Å². The number of aryl methyl sites for hydroxylation is 1. The maximum Gasteiger partial charge on any atom is 0.410 e. The number of ether oxygens (including phenoxy) is 2. The number of imidazole rings is 1. The maximum absolute atomic E-state index is 12.2. The third kappa shape index (κ3) is 3.74. The summed E-state index contributed by atoms with van der Waals surface area (Å²) < 4.78 is 13.7. The van der Waals surface area contributed by atoms with Crippen molar-refractivity contribution in [3.63, 3.8) is 0 Å². The molecule has 0 saturated carbocycles. The lowest BCUT2D eigenvalue weighted by molar-refractivity contribution is -0.0172. The predicted octanol–water partition coefficient (Wildman–Crippen LogP) is 5.36. The van der Waals surface area contributed by atoms with Crippen molar-refractivity contribution in [2.75, 3.05) is 13.1 Å². The lowest BCUT2D eigenvalue weighted by atomic mass is 9.83. The molecule has 1 spiro atoms. The predicted molar refractivity (Wildman–Crippen MR) is 120 cm³/mol. The molecule has 6 nitrogen and oxygen atoms in total.